The van der Waals surface area contributed by atoms with Gasteiger partial charge in [0.15, 0.2) is 0 Å². The molecule has 2 aromatic heterocycles. The predicted octanol–water partition coefficient (Wildman–Crippen LogP) is 4.79. The molecule has 0 aliphatic carbocycles. The number of benzene rings is 1. The number of ketones is 1. The van der Waals surface area contributed by atoms with Gasteiger partial charge >= 0.3 is 0 Å². The Hall–Kier alpha value is -2.94. The molecule has 2 N–H and O–H groups in total. The summed E-state index contributed by atoms with van der Waals surface area (Å²) in [5.41, 5.74) is 3.58. The SMILES string of the molecule is O=C(CCCCCCN(Cc1ccccn1)Cc1ccccn1)Cc1ccc(NS(=O)O)cc1. The van der Waals surface area contributed by atoms with E-state index >= 15 is 0 Å². The Bertz CT molecular complexity index is 976. The van der Waals surface area contributed by atoms with Crippen LogP contribution in [0.2, 0.25) is 0 Å². The van der Waals surface area contributed by atoms with Gasteiger partial charge < -0.3 is 0 Å². The third-order valence-electron chi connectivity index (χ3n) is 5.46. The lowest BCUT2D eigenvalue weighted by molar-refractivity contribution is -0.118. The van der Waals surface area contributed by atoms with E-state index in [9.17, 15) is 9.00 Å². The first-order valence-electron chi connectivity index (χ1n) is 11.6. The molecule has 34 heavy (non-hydrogen) atoms. The highest BCUT2D eigenvalue weighted by atomic mass is 32.2. The number of anilines is 1. The van der Waals surface area contributed by atoms with Crippen LogP contribution in [0.3, 0.4) is 0 Å². The van der Waals surface area contributed by atoms with Gasteiger partial charge in [-0.2, -0.15) is 0 Å². The number of aromatic nitrogens is 2. The molecule has 1 atom stereocenters. The summed E-state index contributed by atoms with van der Waals surface area (Å²) in [6.45, 7) is 2.54. The zero-order chi connectivity index (χ0) is 24.0. The molecule has 3 rings (SSSR count). The second-order valence-electron chi connectivity index (χ2n) is 8.28. The van der Waals surface area contributed by atoms with Gasteiger partial charge in [0.2, 0.25) is 0 Å². The minimum Gasteiger partial charge on any atom is -0.299 e. The summed E-state index contributed by atoms with van der Waals surface area (Å²) in [6.07, 6.45) is 8.68. The van der Waals surface area contributed by atoms with Crippen molar-refractivity contribution >= 4 is 22.7 Å². The molecule has 0 saturated carbocycles. The fourth-order valence-corrected chi connectivity index (χ4v) is 4.11. The number of hydrogen-bond donors (Lipinski definition) is 2. The molecule has 0 radical (unpaired) electrons. The van der Waals surface area contributed by atoms with Crippen LogP contribution in [0.15, 0.2) is 73.1 Å². The third-order valence-corrected chi connectivity index (χ3v) is 5.87. The molecule has 1 aromatic carbocycles. The molecular weight excluding hydrogens is 448 g/mol. The van der Waals surface area contributed by atoms with Crippen LogP contribution in [0.1, 0.15) is 49.1 Å². The van der Waals surface area contributed by atoms with Gasteiger partial charge in [-0.3, -0.25) is 28.9 Å². The third kappa shape index (κ3) is 9.91. The normalized spacial score (nSPS) is 11.9. The van der Waals surface area contributed by atoms with E-state index < -0.39 is 11.3 Å². The Morgan fingerprint density at radius 3 is 2.03 bits per heavy atom. The predicted molar refractivity (Wildman–Crippen MR) is 135 cm³/mol. The molecule has 8 heteroatoms. The number of nitrogens with zero attached hydrogens (tertiary/aromatic N) is 3. The summed E-state index contributed by atoms with van der Waals surface area (Å²) < 4.78 is 22.0. The van der Waals surface area contributed by atoms with E-state index in [-0.39, 0.29) is 5.78 Å². The van der Waals surface area contributed by atoms with Crippen LogP contribution in [0.4, 0.5) is 5.69 Å². The van der Waals surface area contributed by atoms with Crippen LogP contribution >= 0.6 is 0 Å². The number of nitrogens with one attached hydrogen (secondary N) is 1. The van der Waals surface area contributed by atoms with Crippen molar-refractivity contribution in [1.29, 1.82) is 0 Å². The first kappa shape index (κ1) is 25.7. The van der Waals surface area contributed by atoms with E-state index in [0.29, 0.717) is 18.5 Å². The van der Waals surface area contributed by atoms with Gasteiger partial charge in [-0.05, 0) is 61.3 Å². The molecule has 0 bridgehead atoms. The molecule has 7 nitrogen and oxygen atoms in total. The quantitative estimate of drug-likeness (QED) is 0.240. The zero-order valence-corrected chi connectivity index (χ0v) is 20.1. The summed E-state index contributed by atoms with van der Waals surface area (Å²) >= 11 is -2.09. The van der Waals surface area contributed by atoms with Crippen molar-refractivity contribution in [2.75, 3.05) is 11.3 Å². The topological polar surface area (TPSA) is 95.4 Å². The van der Waals surface area contributed by atoms with Gasteiger partial charge in [0.05, 0.1) is 11.4 Å². The maximum atomic E-state index is 12.3. The summed E-state index contributed by atoms with van der Waals surface area (Å²) in [5.74, 6) is 0.221. The lowest BCUT2D eigenvalue weighted by Crippen LogP contribution is -2.25. The Morgan fingerprint density at radius 2 is 1.47 bits per heavy atom. The first-order valence-corrected chi connectivity index (χ1v) is 12.7. The van der Waals surface area contributed by atoms with E-state index in [1.165, 1.54) is 0 Å². The van der Waals surface area contributed by atoms with Crippen molar-refractivity contribution in [3.63, 3.8) is 0 Å². The summed E-state index contributed by atoms with van der Waals surface area (Å²) in [5, 5.41) is 0. The molecule has 0 saturated heterocycles. The van der Waals surface area contributed by atoms with Crippen LogP contribution in [-0.2, 0) is 35.6 Å². The molecule has 0 aliphatic rings. The van der Waals surface area contributed by atoms with Gasteiger partial charge in [0, 0.05) is 44.0 Å². The number of carbonyl (C=O) groups excluding carboxylic acids is 1. The van der Waals surface area contributed by atoms with Gasteiger partial charge in [-0.15, -0.1) is 0 Å². The van der Waals surface area contributed by atoms with Crippen LogP contribution in [-0.4, -0.2) is 36.0 Å². The summed E-state index contributed by atoms with van der Waals surface area (Å²) in [7, 11) is 0. The van der Waals surface area contributed by atoms with E-state index in [1.807, 2.05) is 48.8 Å². The number of pyridine rings is 2. The number of rotatable bonds is 15. The van der Waals surface area contributed by atoms with Gasteiger partial charge in [-0.1, -0.05) is 37.1 Å². The van der Waals surface area contributed by atoms with Gasteiger partial charge in [0.1, 0.15) is 5.78 Å². The molecule has 1 unspecified atom stereocenters. The van der Waals surface area contributed by atoms with Crippen molar-refractivity contribution in [3.05, 3.63) is 90.0 Å². The smallest absolute Gasteiger partial charge is 0.259 e. The number of hydrogen-bond acceptors (Lipinski definition) is 5. The number of carbonyl (C=O) groups is 1. The average molecular weight is 481 g/mol. The highest BCUT2D eigenvalue weighted by molar-refractivity contribution is 7.80. The maximum Gasteiger partial charge on any atom is 0.259 e. The van der Waals surface area contributed by atoms with Gasteiger partial charge in [-0.25, -0.2) is 4.21 Å². The van der Waals surface area contributed by atoms with Crippen LogP contribution in [0, 0.1) is 0 Å². The Morgan fingerprint density at radius 1 is 0.853 bits per heavy atom. The fraction of sp³-hybridized carbons (Fsp3) is 0.346. The molecule has 3 aromatic rings. The molecule has 2 heterocycles. The molecule has 0 spiro atoms. The van der Waals surface area contributed by atoms with E-state index in [4.69, 9.17) is 4.55 Å². The lowest BCUT2D eigenvalue weighted by atomic mass is 10.0. The van der Waals surface area contributed by atoms with Crippen LogP contribution in [0.25, 0.3) is 0 Å². The van der Waals surface area contributed by atoms with Crippen LogP contribution in [0.5, 0.6) is 0 Å². The van der Waals surface area contributed by atoms with Crippen molar-refractivity contribution in [1.82, 2.24) is 14.9 Å². The number of Topliss-reactive ketones (excluding diaryl/α,β-unsaturated/α-hetero) is 1. The monoisotopic (exact) mass is 480 g/mol. The second-order valence-corrected chi connectivity index (χ2v) is 8.98. The molecule has 0 amide bonds. The largest absolute Gasteiger partial charge is 0.299 e. The molecule has 0 fully saturated rings. The van der Waals surface area contributed by atoms with Crippen molar-refractivity contribution in [3.8, 4) is 0 Å². The fourth-order valence-electron chi connectivity index (χ4n) is 3.77. The summed E-state index contributed by atoms with van der Waals surface area (Å²) in [6, 6.07) is 19.0. The van der Waals surface area contributed by atoms with Crippen molar-refractivity contribution in [2.45, 2.75) is 51.6 Å². The maximum absolute atomic E-state index is 12.3. The van der Waals surface area contributed by atoms with Crippen molar-refractivity contribution < 1.29 is 13.6 Å². The first-order chi connectivity index (χ1) is 16.6. The molecular formula is C26H32N4O3S. The molecule has 180 valence electrons. The minimum atomic E-state index is -2.09. The second kappa shape index (κ2) is 14.3. The highest BCUT2D eigenvalue weighted by Gasteiger charge is 2.09. The summed E-state index contributed by atoms with van der Waals surface area (Å²) in [4.78, 5) is 23.6. The standard InChI is InChI=1S/C26H32N4O3S/c31-26(19-22-12-14-23(15-13-22)29-34(32)33)11-3-1-2-8-18-30(20-24-9-4-6-16-27-24)21-25-10-5-7-17-28-25/h4-7,9-10,12-17,29H,1-3,8,11,18-21H2,(H,32,33). The van der Waals surface area contributed by atoms with Crippen LogP contribution < -0.4 is 4.72 Å². The zero-order valence-electron chi connectivity index (χ0n) is 19.3. The Kier molecular flexibility index (Phi) is 10.8. The van der Waals surface area contributed by atoms with E-state index in [1.54, 1.807) is 12.1 Å². The number of unbranched alkanes of at least 4 members (excludes halogenated alkanes) is 3. The van der Waals surface area contributed by atoms with Crippen molar-refractivity contribution in [2.24, 2.45) is 0 Å². The lowest BCUT2D eigenvalue weighted by Gasteiger charge is -2.21. The van der Waals surface area contributed by atoms with E-state index in [2.05, 4.69) is 31.7 Å². The Labute approximate surface area is 204 Å². The molecule has 0 aliphatic heterocycles. The van der Waals surface area contributed by atoms with Gasteiger partial charge in [0.25, 0.3) is 11.3 Å². The Balaban J connectivity index is 1.36. The minimum absolute atomic E-state index is 0.221. The van der Waals surface area contributed by atoms with E-state index in [0.717, 1.165) is 62.3 Å². The average Bonchev–Trinajstić information content (AvgIpc) is 2.83. The highest BCUT2D eigenvalue weighted by Crippen LogP contribution is 2.13.